The quantitative estimate of drug-likeness (QED) is 0.0142. The second-order valence-electron chi connectivity index (χ2n) is 34.0. The van der Waals surface area contributed by atoms with Crippen molar-refractivity contribution in [1.29, 1.82) is 0 Å². The van der Waals surface area contributed by atoms with E-state index in [1.54, 1.807) is 6.08 Å². The Balaban J connectivity index is 0.0000256. The maximum Gasteiger partial charge on any atom is 1.00 e. The first-order valence-electron chi connectivity index (χ1n) is 46.1. The van der Waals surface area contributed by atoms with Gasteiger partial charge in [-0.25, -0.2) is 0 Å². The molecule has 0 aromatic heterocycles. The van der Waals surface area contributed by atoms with Crippen molar-refractivity contribution in [3.8, 4) is 0 Å². The van der Waals surface area contributed by atoms with Crippen molar-refractivity contribution in [2.24, 2.45) is 0 Å². The van der Waals surface area contributed by atoms with E-state index in [-0.39, 0.29) is 77.9 Å². The number of carboxylic acids is 2. The van der Waals surface area contributed by atoms with Gasteiger partial charge in [0.25, 0.3) is 0 Å². The molecule has 4 saturated heterocycles. The molecule has 0 aromatic rings. The van der Waals surface area contributed by atoms with Crippen molar-refractivity contribution in [3.05, 3.63) is 12.2 Å². The number of amides is 3. The maximum absolute atomic E-state index is 14.2. The molecule has 123 heavy (non-hydrogen) atoms. The Hall–Kier alpha value is -2.28. The topological polar surface area (TPSA) is 531 Å². The second-order valence-corrected chi connectivity index (χ2v) is 34.0. The zero-order chi connectivity index (χ0) is 89.1. The largest absolute Gasteiger partial charge is 1.00 e. The van der Waals surface area contributed by atoms with Gasteiger partial charge in [-0.05, 0) is 31.8 Å². The molecule has 0 saturated carbocycles. The fraction of sp³-hybridized carbons (Fsp3) is 0.909. The SMILES string of the molecule is CCCCCCCCCCCCC/C=C/C(OC(=O)CCCCCCCCCCCCCCCCC)C(CO[C@@H]1O[C@H](CO)[C@@H](O[C@@H]2O[C@H](CO)[C@H](O)[C@H](O[C@@]3(C(=O)[O-])C[C@@H](O)[C@H](NC(C)=O)C([C@@H](O)[C@@H](CO)O[C@@]4(C(=O)[O-])C[C@@H](O)[C@H](NC(C)=O)C([C@@H](O)[C@H](O)CO)O4)O3)[C@H]2O)[C@H](O)[C@H]1O)NC(=O)CCCCCCCCCCCCCCCCC.[Na+].[Na+]. The number of rotatable bonds is 69. The Morgan fingerprint density at radius 2 is 0.870 bits per heavy atom. The predicted octanol–water partition coefficient (Wildman–Crippen LogP) is -1.51. The van der Waals surface area contributed by atoms with Gasteiger partial charge in [-0.15, -0.1) is 0 Å². The summed E-state index contributed by atoms with van der Waals surface area (Å²) in [5.41, 5.74) is 0. The van der Waals surface area contributed by atoms with Gasteiger partial charge in [0.15, 0.2) is 12.6 Å². The van der Waals surface area contributed by atoms with E-state index < -0.39 is 222 Å². The van der Waals surface area contributed by atoms with Crippen LogP contribution >= 0.6 is 0 Å². The first-order chi connectivity index (χ1) is 58.1. The molecule has 0 bridgehead atoms. The molecular weight excluding hydrogens is 1620 g/mol. The molecule has 0 spiro atoms. The number of ether oxygens (including phenoxy) is 9. The fourth-order valence-corrected chi connectivity index (χ4v) is 16.5. The third kappa shape index (κ3) is 42.4. The standard InChI is InChI=1S/C88H159N3O30.2Na/c1-6-9-12-15-18-21-24-27-29-32-35-38-41-44-47-50-69(101)91-61(65(49-46-43-40-37-34-31-26-23-20-17-14-11-8-3)114-70(102)51-48-45-42-39-36-33-30-28-25-22-19-16-13-10-7-2)58-113-83-77(107)76(106)79(68(57-95)116-83)117-84-78(108)82(74(104)66(55-93)115-84)121-88(86(111)112)53-63(99)72(90-60(5)97)81(120-88)75(105)67(56-94)118-87(85(109)110)52-62(98)71(89-59(4)96)80(119-87)73(103)64(100)54-92;;/h46,49,61-68,71-84,92-95,98-100,103-108H,6-45,47-48,50-58H2,1-5H3,(H,89,96)(H,90,97)(H,91,101)(H,109,110)(H,111,112);;/q;2*+1/p-2/b49-46+;;/t61?,62-,63-,64-,65?,66-,67-,68-,71+,72+,73+,74+,75+,76-,77-,78-,79-,80?,81?,82+,83-,84+,87+,88-;;/m1../s1. The number of hydrogen-bond acceptors (Lipinski definition) is 30. The molecule has 4 aliphatic rings. The molecule has 4 heterocycles. The van der Waals surface area contributed by atoms with Gasteiger partial charge in [-0.2, -0.15) is 0 Å². The minimum atomic E-state index is -3.53. The molecule has 0 radical (unpaired) electrons. The molecule has 16 N–H and O–H groups in total. The zero-order valence-corrected chi connectivity index (χ0v) is 79.2. The van der Waals surface area contributed by atoms with Crippen LogP contribution in [0.2, 0.25) is 0 Å². The van der Waals surface area contributed by atoms with E-state index in [1.165, 1.54) is 167 Å². The number of carbonyl (C=O) groups excluding carboxylic acids is 6. The van der Waals surface area contributed by atoms with E-state index in [0.29, 0.717) is 19.3 Å². The Labute approximate surface area is 774 Å². The monoisotopic (exact) mass is 1780 g/mol. The van der Waals surface area contributed by atoms with Gasteiger partial charge < -0.3 is 145 Å². The summed E-state index contributed by atoms with van der Waals surface area (Å²) in [6, 6.07) is -4.83. The molecule has 24 atom stereocenters. The predicted molar refractivity (Wildman–Crippen MR) is 441 cm³/mol. The summed E-state index contributed by atoms with van der Waals surface area (Å²) in [5.74, 6) is -14.5. The summed E-state index contributed by atoms with van der Waals surface area (Å²) in [6.45, 7) is 3.17. The minimum Gasteiger partial charge on any atom is -0.544 e. The molecule has 4 rings (SSSR count). The van der Waals surface area contributed by atoms with E-state index >= 15 is 0 Å². The second kappa shape index (κ2) is 67.0. The van der Waals surface area contributed by atoms with Crippen LogP contribution in [0.4, 0.5) is 0 Å². The number of carboxylic acid groups (broad SMARTS) is 2. The Morgan fingerprint density at radius 1 is 0.472 bits per heavy atom. The summed E-state index contributed by atoms with van der Waals surface area (Å²) in [4.78, 5) is 79.8. The van der Waals surface area contributed by atoms with Crippen LogP contribution < -0.4 is 85.3 Å². The van der Waals surface area contributed by atoms with Crippen molar-refractivity contribution >= 4 is 35.6 Å². The maximum atomic E-state index is 14.2. The average molecular weight is 1780 g/mol. The van der Waals surface area contributed by atoms with Crippen molar-refractivity contribution in [1.82, 2.24) is 16.0 Å². The average Bonchev–Trinajstić information content (AvgIpc) is 0.749. The van der Waals surface area contributed by atoms with E-state index in [0.717, 1.165) is 97.3 Å². The van der Waals surface area contributed by atoms with E-state index in [2.05, 4.69) is 36.7 Å². The third-order valence-corrected chi connectivity index (χ3v) is 23.7. The van der Waals surface area contributed by atoms with Gasteiger partial charge in [0.1, 0.15) is 103 Å². The van der Waals surface area contributed by atoms with Crippen LogP contribution in [0.3, 0.4) is 0 Å². The Bertz CT molecular complexity index is 2830. The van der Waals surface area contributed by atoms with Crippen LogP contribution in [0.1, 0.15) is 330 Å². The molecular formula is C88H157N3Na2O30. The summed E-state index contributed by atoms with van der Waals surface area (Å²) in [6.07, 6.45) is 7.75. The van der Waals surface area contributed by atoms with Gasteiger partial charge in [-0.3, -0.25) is 19.2 Å². The summed E-state index contributed by atoms with van der Waals surface area (Å²) >= 11 is 0. The zero-order valence-electron chi connectivity index (χ0n) is 75.2. The normalized spacial score (nSPS) is 28.1. The molecule has 0 aliphatic carbocycles. The van der Waals surface area contributed by atoms with Crippen LogP contribution in [0.5, 0.6) is 0 Å². The number of carbonyl (C=O) groups is 6. The summed E-state index contributed by atoms with van der Waals surface area (Å²) < 4.78 is 53.3. The van der Waals surface area contributed by atoms with Crippen LogP contribution in [0, 0.1) is 0 Å². The molecule has 35 heteroatoms. The molecule has 3 amide bonds. The first kappa shape index (κ1) is 117. The van der Waals surface area contributed by atoms with Gasteiger partial charge in [0, 0.05) is 39.5 Å². The van der Waals surface area contributed by atoms with Gasteiger partial charge >= 0.3 is 65.1 Å². The number of nitrogens with one attached hydrogen (secondary N) is 3. The first-order valence-corrected chi connectivity index (χ1v) is 46.1. The Kier molecular flexibility index (Phi) is 63.6. The number of unbranched alkanes of at least 4 members (excludes halogenated alkanes) is 39. The third-order valence-electron chi connectivity index (χ3n) is 23.7. The van der Waals surface area contributed by atoms with Crippen LogP contribution in [0.15, 0.2) is 12.2 Å². The van der Waals surface area contributed by atoms with Crippen molar-refractivity contribution in [2.75, 3.05) is 33.0 Å². The van der Waals surface area contributed by atoms with Crippen LogP contribution in [-0.2, 0) is 71.4 Å². The molecule has 706 valence electrons. The van der Waals surface area contributed by atoms with E-state index in [1.807, 2.05) is 6.08 Å². The number of esters is 1. The summed E-state index contributed by atoms with van der Waals surface area (Å²) in [5, 5.41) is 181. The van der Waals surface area contributed by atoms with Crippen molar-refractivity contribution < 1.29 is 207 Å². The molecule has 0 aromatic carbocycles. The number of hydrogen-bond donors (Lipinski definition) is 16. The molecule has 4 fully saturated rings. The molecule has 4 aliphatic heterocycles. The fourth-order valence-electron chi connectivity index (χ4n) is 16.5. The number of aliphatic hydroxyl groups is 13. The minimum absolute atomic E-state index is 0. The van der Waals surface area contributed by atoms with Gasteiger partial charge in [0.05, 0.1) is 63.4 Å². The molecule has 4 unspecified atom stereocenters. The number of aliphatic carboxylic acids is 2. The smallest absolute Gasteiger partial charge is 0.544 e. The van der Waals surface area contributed by atoms with Gasteiger partial charge in [0.2, 0.25) is 29.3 Å². The van der Waals surface area contributed by atoms with E-state index in [4.69, 9.17) is 42.6 Å². The number of aliphatic hydroxyl groups excluding tert-OH is 13. The summed E-state index contributed by atoms with van der Waals surface area (Å²) in [7, 11) is 0. The van der Waals surface area contributed by atoms with Gasteiger partial charge in [-0.1, -0.05) is 271 Å². The van der Waals surface area contributed by atoms with E-state index in [9.17, 15) is 105 Å². The van der Waals surface area contributed by atoms with Crippen LogP contribution in [-0.4, -0.2) is 281 Å². The van der Waals surface area contributed by atoms with Crippen molar-refractivity contribution in [3.63, 3.8) is 0 Å². The molecule has 33 nitrogen and oxygen atoms in total. The number of allylic oxidation sites excluding steroid dienone is 1. The van der Waals surface area contributed by atoms with Crippen LogP contribution in [0.25, 0.3) is 0 Å². The van der Waals surface area contributed by atoms with Crippen molar-refractivity contribution in [2.45, 2.75) is 476 Å². The Morgan fingerprint density at radius 3 is 1.28 bits per heavy atom.